The topological polar surface area (TPSA) is 96.6 Å². The summed E-state index contributed by atoms with van der Waals surface area (Å²) in [6.07, 6.45) is 0. The van der Waals surface area contributed by atoms with Crippen molar-refractivity contribution in [3.63, 3.8) is 0 Å². The normalized spacial score (nSPS) is 16.8. The zero-order chi connectivity index (χ0) is 33.3. The number of carbonyl (C=O) groups is 2. The average molecular weight is 695 g/mol. The van der Waals surface area contributed by atoms with Crippen molar-refractivity contribution in [2.45, 2.75) is 36.0 Å². The highest BCUT2D eigenvalue weighted by atomic mass is 35.5. The molecule has 8 nitrogen and oxygen atoms in total. The first-order valence-corrected chi connectivity index (χ1v) is 17.1. The predicted octanol–water partition coefficient (Wildman–Crippen LogP) is 7.80. The highest BCUT2D eigenvalue weighted by Crippen LogP contribution is 2.55. The molecule has 6 aromatic rings. The van der Waals surface area contributed by atoms with E-state index < -0.39 is 28.6 Å². The van der Waals surface area contributed by atoms with E-state index in [2.05, 4.69) is 10.2 Å². The molecule has 0 N–H and O–H groups in total. The van der Waals surface area contributed by atoms with Crippen LogP contribution in [-0.2, 0) is 22.6 Å². The summed E-state index contributed by atoms with van der Waals surface area (Å²) in [7, 11) is 0. The Balaban J connectivity index is 1.32. The molecule has 2 aromatic heterocycles. The van der Waals surface area contributed by atoms with E-state index in [-0.39, 0.29) is 34.0 Å². The molecule has 1 spiro atoms. The molecule has 0 saturated heterocycles. The fourth-order valence-corrected chi connectivity index (χ4v) is 8.52. The third-order valence-electron chi connectivity index (χ3n) is 8.83. The molecule has 0 bridgehead atoms. The number of halogens is 2. The molecule has 48 heavy (non-hydrogen) atoms. The standard InChI is InChI=1S/C36H24ClFN4O4S2/c1-19-14-25-28(15-20(19)2)46-31-29(30(25)43)36(26-8-3-4-9-27(26)41(33(36)45)17-21-10-12-24(38)13-11-21)42(32(31)44)34-39-40-35(48-34)47-18-22-6-5-7-23(37)16-22/h3-16H,17-18H2,1-2H3. The maximum atomic E-state index is 15.1. The van der Waals surface area contributed by atoms with Gasteiger partial charge in [0.25, 0.3) is 11.8 Å². The Kier molecular flexibility index (Phi) is 7.24. The third-order valence-corrected chi connectivity index (χ3v) is 11.2. The molecular weight excluding hydrogens is 671 g/mol. The van der Waals surface area contributed by atoms with Gasteiger partial charge in [-0.25, -0.2) is 4.39 Å². The molecule has 0 fully saturated rings. The van der Waals surface area contributed by atoms with Crippen LogP contribution in [0.2, 0.25) is 5.02 Å². The Morgan fingerprint density at radius 2 is 1.69 bits per heavy atom. The highest BCUT2D eigenvalue weighted by Gasteiger charge is 2.66. The number of fused-ring (bicyclic) bond motifs is 5. The number of hydrogen-bond acceptors (Lipinski definition) is 8. The number of para-hydroxylation sites is 1. The van der Waals surface area contributed by atoms with E-state index in [1.165, 1.54) is 33.7 Å². The number of aromatic nitrogens is 2. The second kappa shape index (κ2) is 11.4. The SMILES string of the molecule is Cc1cc2oc3c(c(=O)c2cc1C)C1(C(=O)N(Cc2ccc(F)cc2)c2ccccc21)N(c1nnc(SCc2cccc(Cl)c2)s1)C3=O. The van der Waals surface area contributed by atoms with E-state index in [0.717, 1.165) is 28.0 Å². The maximum Gasteiger partial charge on any atom is 0.297 e. The first kappa shape index (κ1) is 30.5. The Hall–Kier alpha value is -4.84. The zero-order valence-electron chi connectivity index (χ0n) is 25.5. The van der Waals surface area contributed by atoms with E-state index in [0.29, 0.717) is 31.9 Å². The molecule has 0 saturated carbocycles. The predicted molar refractivity (Wildman–Crippen MR) is 185 cm³/mol. The largest absolute Gasteiger partial charge is 0.450 e. The van der Waals surface area contributed by atoms with Crippen LogP contribution in [-0.4, -0.2) is 22.0 Å². The van der Waals surface area contributed by atoms with Gasteiger partial charge in [0.15, 0.2) is 15.3 Å². The lowest BCUT2D eigenvalue weighted by Crippen LogP contribution is -2.53. The minimum absolute atomic E-state index is 0.0642. The maximum absolute atomic E-state index is 15.1. The number of rotatable bonds is 6. The van der Waals surface area contributed by atoms with Gasteiger partial charge in [-0.1, -0.05) is 77.2 Å². The van der Waals surface area contributed by atoms with Gasteiger partial charge in [-0.05, 0) is 78.6 Å². The van der Waals surface area contributed by atoms with E-state index in [1.807, 2.05) is 32.0 Å². The fourth-order valence-electron chi connectivity index (χ4n) is 6.47. The molecular formula is C36H24ClFN4O4S2. The van der Waals surface area contributed by atoms with Gasteiger partial charge in [-0.15, -0.1) is 10.2 Å². The quantitative estimate of drug-likeness (QED) is 0.130. The van der Waals surface area contributed by atoms with Crippen LogP contribution in [0.25, 0.3) is 11.0 Å². The lowest BCUT2D eigenvalue weighted by atomic mass is 9.84. The Labute approximate surface area is 286 Å². The third kappa shape index (κ3) is 4.60. The van der Waals surface area contributed by atoms with Crippen molar-refractivity contribution in [1.82, 2.24) is 10.2 Å². The minimum Gasteiger partial charge on any atom is -0.450 e. The van der Waals surface area contributed by atoms with Crippen LogP contribution >= 0.6 is 34.7 Å². The molecule has 238 valence electrons. The molecule has 1 unspecified atom stereocenters. The van der Waals surface area contributed by atoms with Crippen LogP contribution in [0.3, 0.4) is 0 Å². The minimum atomic E-state index is -1.93. The molecule has 4 heterocycles. The summed E-state index contributed by atoms with van der Waals surface area (Å²) >= 11 is 8.73. The van der Waals surface area contributed by atoms with Gasteiger partial charge in [0, 0.05) is 16.3 Å². The lowest BCUT2D eigenvalue weighted by Gasteiger charge is -2.32. The number of aryl methyl sites for hydroxylation is 2. The van der Waals surface area contributed by atoms with Gasteiger partial charge < -0.3 is 9.32 Å². The first-order valence-electron chi connectivity index (χ1n) is 15.0. The van der Waals surface area contributed by atoms with Gasteiger partial charge >= 0.3 is 0 Å². The van der Waals surface area contributed by atoms with Crippen LogP contribution in [0.15, 0.2) is 98.5 Å². The summed E-state index contributed by atoms with van der Waals surface area (Å²) < 4.78 is 20.6. The number of hydrogen-bond donors (Lipinski definition) is 0. The van der Waals surface area contributed by atoms with E-state index >= 15 is 4.79 Å². The summed E-state index contributed by atoms with van der Waals surface area (Å²) in [4.78, 5) is 47.1. The van der Waals surface area contributed by atoms with Crippen LogP contribution in [0.4, 0.5) is 15.2 Å². The molecule has 2 aliphatic rings. The van der Waals surface area contributed by atoms with E-state index in [1.54, 1.807) is 54.6 Å². The van der Waals surface area contributed by atoms with E-state index in [9.17, 15) is 14.0 Å². The Morgan fingerprint density at radius 1 is 0.917 bits per heavy atom. The fraction of sp³-hybridized carbons (Fsp3) is 0.139. The van der Waals surface area contributed by atoms with Crippen molar-refractivity contribution in [3.8, 4) is 0 Å². The Morgan fingerprint density at radius 3 is 2.48 bits per heavy atom. The lowest BCUT2D eigenvalue weighted by molar-refractivity contribution is -0.121. The van der Waals surface area contributed by atoms with Crippen LogP contribution in [0, 0.1) is 19.7 Å². The second-order valence-electron chi connectivity index (χ2n) is 11.7. The highest BCUT2D eigenvalue weighted by molar-refractivity contribution is 8.00. The average Bonchev–Trinajstić information content (AvgIpc) is 3.71. The van der Waals surface area contributed by atoms with E-state index in [4.69, 9.17) is 16.0 Å². The van der Waals surface area contributed by atoms with Gasteiger partial charge in [0.1, 0.15) is 11.4 Å². The van der Waals surface area contributed by atoms with Crippen molar-refractivity contribution in [2.75, 3.05) is 9.80 Å². The monoisotopic (exact) mass is 694 g/mol. The number of nitrogens with zero attached hydrogens (tertiary/aromatic N) is 4. The molecule has 0 radical (unpaired) electrons. The van der Waals surface area contributed by atoms with Gasteiger partial charge in [-0.2, -0.15) is 0 Å². The smallest absolute Gasteiger partial charge is 0.297 e. The summed E-state index contributed by atoms with van der Waals surface area (Å²) in [6.45, 7) is 3.85. The molecule has 8 rings (SSSR count). The molecule has 2 aliphatic heterocycles. The number of amides is 2. The van der Waals surface area contributed by atoms with Gasteiger partial charge in [-0.3, -0.25) is 19.3 Å². The van der Waals surface area contributed by atoms with Crippen molar-refractivity contribution >= 4 is 68.3 Å². The number of benzene rings is 4. The summed E-state index contributed by atoms with van der Waals surface area (Å²) in [5.41, 5.74) is 2.14. The molecule has 4 aromatic carbocycles. The zero-order valence-corrected chi connectivity index (χ0v) is 27.9. The van der Waals surface area contributed by atoms with Crippen molar-refractivity contribution in [2.24, 2.45) is 0 Å². The van der Waals surface area contributed by atoms with Crippen LogP contribution < -0.4 is 15.2 Å². The Bertz CT molecular complexity index is 2380. The van der Waals surface area contributed by atoms with Crippen LogP contribution in [0.5, 0.6) is 0 Å². The van der Waals surface area contributed by atoms with Gasteiger partial charge in [0.05, 0.1) is 23.2 Å². The summed E-state index contributed by atoms with van der Waals surface area (Å²) in [5, 5.41) is 9.79. The van der Waals surface area contributed by atoms with Crippen LogP contribution in [0.1, 0.15) is 43.9 Å². The van der Waals surface area contributed by atoms with Gasteiger partial charge in [0.2, 0.25) is 10.9 Å². The summed E-state index contributed by atoms with van der Waals surface area (Å²) in [5.74, 6) is -1.27. The second-order valence-corrected chi connectivity index (χ2v) is 14.3. The molecule has 2 amide bonds. The number of thioether (sulfide) groups is 1. The number of anilines is 2. The number of carbonyl (C=O) groups excluding carboxylic acids is 2. The first-order chi connectivity index (χ1) is 23.2. The molecule has 12 heteroatoms. The molecule has 0 aliphatic carbocycles. The van der Waals surface area contributed by atoms with Crippen molar-refractivity contribution in [3.05, 3.63) is 145 Å². The van der Waals surface area contributed by atoms with Crippen molar-refractivity contribution < 1.29 is 18.4 Å². The summed E-state index contributed by atoms with van der Waals surface area (Å²) in [6, 6.07) is 23.9. The molecule has 1 atom stereocenters. The van der Waals surface area contributed by atoms with Crippen molar-refractivity contribution in [1.29, 1.82) is 0 Å².